The first-order valence-electron chi connectivity index (χ1n) is 7.14. The number of nitrogens with two attached hydrogens (primary N) is 1. The summed E-state index contributed by atoms with van der Waals surface area (Å²) in [5.74, 6) is -0.0178. The van der Waals surface area contributed by atoms with E-state index in [-0.39, 0.29) is 18.5 Å². The van der Waals surface area contributed by atoms with Crippen LogP contribution in [0.1, 0.15) is 25.8 Å². The van der Waals surface area contributed by atoms with Crippen molar-refractivity contribution in [3.8, 4) is 0 Å². The summed E-state index contributed by atoms with van der Waals surface area (Å²) < 4.78 is 31.6. The highest BCUT2D eigenvalue weighted by Crippen LogP contribution is 2.10. The van der Waals surface area contributed by atoms with E-state index in [2.05, 4.69) is 4.98 Å². The first kappa shape index (κ1) is 18.0. The van der Waals surface area contributed by atoms with E-state index in [1.165, 1.54) is 4.31 Å². The molecule has 0 saturated heterocycles. The van der Waals surface area contributed by atoms with Crippen LogP contribution >= 0.6 is 0 Å². The average molecular weight is 315 g/mol. The molecule has 0 bridgehead atoms. The molecule has 6 nitrogen and oxygen atoms in total. The molecule has 1 rings (SSSR count). The normalized spacial score (nSPS) is 12.2. The lowest BCUT2D eigenvalue weighted by molar-refractivity contribution is 0.0906. The number of hydrogen-bond donors (Lipinski definition) is 1. The number of rotatable bonds is 10. The molecule has 0 radical (unpaired) electrons. The van der Waals surface area contributed by atoms with Gasteiger partial charge in [-0.3, -0.25) is 4.98 Å². The van der Waals surface area contributed by atoms with Gasteiger partial charge in [-0.25, -0.2) is 8.42 Å². The zero-order valence-corrected chi connectivity index (χ0v) is 13.6. The molecule has 0 atom stereocenters. The zero-order chi connectivity index (χ0) is 15.7. The molecule has 120 valence electrons. The van der Waals surface area contributed by atoms with E-state index in [1.807, 2.05) is 19.9 Å². The Morgan fingerprint density at radius 2 is 2.19 bits per heavy atom. The van der Waals surface area contributed by atoms with Crippen molar-refractivity contribution in [1.82, 2.24) is 9.29 Å². The van der Waals surface area contributed by atoms with E-state index in [1.54, 1.807) is 18.5 Å². The van der Waals surface area contributed by atoms with Gasteiger partial charge in [0.25, 0.3) is 0 Å². The summed E-state index contributed by atoms with van der Waals surface area (Å²) in [6.07, 6.45) is 4.00. The Kier molecular flexibility index (Phi) is 7.81. The van der Waals surface area contributed by atoms with Crippen molar-refractivity contribution in [2.24, 2.45) is 5.73 Å². The Bertz CT molecular complexity index is 491. The van der Waals surface area contributed by atoms with Crippen LogP contribution in [0.15, 0.2) is 24.5 Å². The summed E-state index contributed by atoms with van der Waals surface area (Å²) in [5, 5.41) is 0. The Morgan fingerprint density at radius 3 is 2.76 bits per heavy atom. The van der Waals surface area contributed by atoms with E-state index in [0.29, 0.717) is 26.1 Å². The summed E-state index contributed by atoms with van der Waals surface area (Å²) in [4.78, 5) is 4.01. The minimum atomic E-state index is -3.36. The van der Waals surface area contributed by atoms with Crippen molar-refractivity contribution in [3.05, 3.63) is 30.1 Å². The minimum Gasteiger partial charge on any atom is -0.378 e. The molecule has 0 spiro atoms. The van der Waals surface area contributed by atoms with Gasteiger partial charge in [-0.1, -0.05) is 6.07 Å². The zero-order valence-electron chi connectivity index (χ0n) is 12.7. The molecule has 0 saturated carbocycles. The van der Waals surface area contributed by atoms with Crippen LogP contribution in [-0.2, 0) is 21.3 Å². The smallest absolute Gasteiger partial charge is 0.216 e. The number of pyridine rings is 1. The quantitative estimate of drug-likeness (QED) is 0.696. The molecule has 0 aliphatic carbocycles. The summed E-state index contributed by atoms with van der Waals surface area (Å²) in [6, 6.07) is 3.66. The Hall–Kier alpha value is -1.02. The van der Waals surface area contributed by atoms with Gasteiger partial charge in [0.1, 0.15) is 0 Å². The lowest BCUT2D eigenvalue weighted by atomic mass is 10.3. The molecule has 1 aromatic heterocycles. The van der Waals surface area contributed by atoms with Crippen LogP contribution in [0.3, 0.4) is 0 Å². The van der Waals surface area contributed by atoms with E-state index in [4.69, 9.17) is 10.5 Å². The van der Waals surface area contributed by atoms with Gasteiger partial charge in [-0.15, -0.1) is 0 Å². The van der Waals surface area contributed by atoms with Gasteiger partial charge in [0, 0.05) is 25.5 Å². The van der Waals surface area contributed by atoms with Crippen LogP contribution in [0.2, 0.25) is 0 Å². The summed E-state index contributed by atoms with van der Waals surface area (Å²) >= 11 is 0. The average Bonchev–Trinajstić information content (AvgIpc) is 2.43. The highest BCUT2D eigenvalue weighted by Gasteiger charge is 2.21. The van der Waals surface area contributed by atoms with E-state index >= 15 is 0 Å². The molecule has 1 heterocycles. The molecule has 0 aliphatic heterocycles. The fourth-order valence-corrected chi connectivity index (χ4v) is 3.12. The second-order valence-corrected chi connectivity index (χ2v) is 7.16. The number of ether oxygens (including phenoxy) is 1. The second kappa shape index (κ2) is 9.09. The minimum absolute atomic E-state index is 0.0178. The largest absolute Gasteiger partial charge is 0.378 e. The molecule has 2 N–H and O–H groups in total. The van der Waals surface area contributed by atoms with Crippen LogP contribution in [0.4, 0.5) is 0 Å². The second-order valence-electron chi connectivity index (χ2n) is 5.07. The lowest BCUT2D eigenvalue weighted by Crippen LogP contribution is -2.35. The van der Waals surface area contributed by atoms with Crippen LogP contribution < -0.4 is 5.73 Å². The van der Waals surface area contributed by atoms with Crippen LogP contribution in [-0.4, -0.2) is 49.3 Å². The highest BCUT2D eigenvalue weighted by molar-refractivity contribution is 7.89. The van der Waals surface area contributed by atoms with Crippen molar-refractivity contribution >= 4 is 10.0 Å². The van der Waals surface area contributed by atoms with E-state index in [9.17, 15) is 8.42 Å². The maximum absolute atomic E-state index is 12.4. The van der Waals surface area contributed by atoms with Crippen molar-refractivity contribution in [3.63, 3.8) is 0 Å². The fourth-order valence-electron chi connectivity index (χ4n) is 1.80. The topological polar surface area (TPSA) is 85.5 Å². The first-order chi connectivity index (χ1) is 9.95. The Balaban J connectivity index is 2.70. The molecule has 0 unspecified atom stereocenters. The van der Waals surface area contributed by atoms with E-state index < -0.39 is 10.0 Å². The Labute approximate surface area is 127 Å². The summed E-state index contributed by atoms with van der Waals surface area (Å²) in [7, 11) is -3.36. The third-order valence-corrected chi connectivity index (χ3v) is 4.66. The maximum atomic E-state index is 12.4. The van der Waals surface area contributed by atoms with Gasteiger partial charge in [0.2, 0.25) is 10.0 Å². The summed E-state index contributed by atoms with van der Waals surface area (Å²) in [5.41, 5.74) is 6.36. The van der Waals surface area contributed by atoms with Crippen molar-refractivity contribution in [2.45, 2.75) is 32.9 Å². The molecule has 0 aromatic carbocycles. The lowest BCUT2D eigenvalue weighted by Gasteiger charge is -2.22. The number of sulfonamides is 1. The Morgan fingerprint density at radius 1 is 1.43 bits per heavy atom. The van der Waals surface area contributed by atoms with Crippen molar-refractivity contribution in [2.75, 3.05) is 25.4 Å². The molecule has 21 heavy (non-hydrogen) atoms. The highest BCUT2D eigenvalue weighted by atomic mass is 32.2. The molecule has 0 amide bonds. The van der Waals surface area contributed by atoms with Gasteiger partial charge in [0.05, 0.1) is 18.5 Å². The predicted molar refractivity (Wildman–Crippen MR) is 83.2 cm³/mol. The predicted octanol–water partition coefficient (Wildman–Crippen LogP) is 0.987. The maximum Gasteiger partial charge on any atom is 0.216 e. The van der Waals surface area contributed by atoms with Gasteiger partial charge in [-0.2, -0.15) is 4.31 Å². The van der Waals surface area contributed by atoms with Crippen LogP contribution in [0.25, 0.3) is 0 Å². The number of nitrogens with zero attached hydrogens (tertiary/aromatic N) is 2. The number of aromatic nitrogens is 1. The molecular weight excluding hydrogens is 290 g/mol. The monoisotopic (exact) mass is 315 g/mol. The van der Waals surface area contributed by atoms with Gasteiger partial charge in [-0.05, 0) is 38.4 Å². The third-order valence-electron chi connectivity index (χ3n) is 2.88. The van der Waals surface area contributed by atoms with Gasteiger partial charge < -0.3 is 10.5 Å². The third kappa shape index (κ3) is 6.99. The molecular formula is C14H25N3O3S. The van der Waals surface area contributed by atoms with Crippen molar-refractivity contribution < 1.29 is 13.2 Å². The first-order valence-corrected chi connectivity index (χ1v) is 8.75. The molecule has 7 heteroatoms. The molecule has 1 aromatic rings. The van der Waals surface area contributed by atoms with Gasteiger partial charge >= 0.3 is 0 Å². The summed E-state index contributed by atoms with van der Waals surface area (Å²) in [6.45, 7) is 5.16. The van der Waals surface area contributed by atoms with Crippen molar-refractivity contribution in [1.29, 1.82) is 0 Å². The van der Waals surface area contributed by atoms with E-state index in [0.717, 1.165) is 5.56 Å². The standard InChI is InChI=1S/C14H25N3O3S/c1-13(2)20-9-10-21(18,19)17(8-4-6-15)12-14-5-3-7-16-11-14/h3,5,7,11,13H,4,6,8-10,12,15H2,1-2H3. The fraction of sp³-hybridized carbons (Fsp3) is 0.643. The number of hydrogen-bond acceptors (Lipinski definition) is 5. The molecule has 0 aliphatic rings. The van der Waals surface area contributed by atoms with Crippen LogP contribution in [0, 0.1) is 0 Å². The van der Waals surface area contributed by atoms with Crippen LogP contribution in [0.5, 0.6) is 0 Å². The molecule has 0 fully saturated rings. The van der Waals surface area contributed by atoms with Gasteiger partial charge in [0.15, 0.2) is 0 Å². The SMILES string of the molecule is CC(C)OCCS(=O)(=O)N(CCCN)Cc1cccnc1.